The molecule has 0 aliphatic heterocycles. The number of hydrogen-bond acceptors (Lipinski definition) is 8. The lowest BCUT2D eigenvalue weighted by Crippen LogP contribution is -2.59. The molecule has 0 saturated carbocycles. The second-order valence-corrected chi connectivity index (χ2v) is 9.02. The molecule has 2 rings (SSSR count). The third kappa shape index (κ3) is 10.1. The number of rotatable bonds is 14. The van der Waals surface area contributed by atoms with Gasteiger partial charge in [-0.1, -0.05) is 42.5 Å². The van der Waals surface area contributed by atoms with Crippen LogP contribution in [-0.2, 0) is 36.8 Å². The number of aromatic hydroxyl groups is 1. The fourth-order valence-corrected chi connectivity index (χ4v) is 3.64. The van der Waals surface area contributed by atoms with Crippen molar-refractivity contribution in [3.63, 3.8) is 0 Å². The summed E-state index contributed by atoms with van der Waals surface area (Å²) in [7, 11) is 0. The van der Waals surface area contributed by atoms with E-state index in [-0.39, 0.29) is 18.6 Å². The molecule has 0 aliphatic rings. The van der Waals surface area contributed by atoms with Crippen molar-refractivity contribution in [1.29, 1.82) is 0 Å². The number of phenols is 1. The zero-order valence-corrected chi connectivity index (χ0v) is 21.2. The van der Waals surface area contributed by atoms with Gasteiger partial charge in [-0.3, -0.25) is 19.2 Å². The predicted octanol–water partition coefficient (Wildman–Crippen LogP) is -1.70. The first-order valence-corrected chi connectivity index (χ1v) is 12.0. The Labute approximate surface area is 224 Å². The van der Waals surface area contributed by atoms with Crippen LogP contribution >= 0.6 is 0 Å². The normalized spacial score (nSPS) is 14.6. The van der Waals surface area contributed by atoms with Crippen LogP contribution in [0.2, 0.25) is 0 Å². The Bertz CT molecular complexity index is 1160. The maximum atomic E-state index is 13.3. The van der Waals surface area contributed by atoms with E-state index in [1.165, 1.54) is 12.1 Å². The van der Waals surface area contributed by atoms with Crippen molar-refractivity contribution in [2.75, 3.05) is 0 Å². The van der Waals surface area contributed by atoms with Crippen molar-refractivity contribution < 1.29 is 39.3 Å². The molecule has 5 unspecified atom stereocenters. The number of aliphatic carboxylic acids is 1. The number of benzene rings is 2. The molecule has 39 heavy (non-hydrogen) atoms. The molecule has 0 bridgehead atoms. The van der Waals surface area contributed by atoms with Crippen LogP contribution in [0.3, 0.4) is 0 Å². The highest BCUT2D eigenvalue weighted by molar-refractivity contribution is 5.96. The summed E-state index contributed by atoms with van der Waals surface area (Å²) >= 11 is 0. The molecule has 0 aromatic heterocycles. The Kier molecular flexibility index (Phi) is 11.4. The van der Waals surface area contributed by atoms with Gasteiger partial charge in [0.05, 0.1) is 18.6 Å². The Morgan fingerprint density at radius 1 is 0.795 bits per heavy atom. The smallest absolute Gasteiger partial charge is 0.328 e. The second-order valence-electron chi connectivity index (χ2n) is 9.02. The van der Waals surface area contributed by atoms with Crippen molar-refractivity contribution in [3.8, 4) is 5.75 Å². The van der Waals surface area contributed by atoms with Crippen molar-refractivity contribution in [2.45, 2.75) is 56.5 Å². The van der Waals surface area contributed by atoms with Gasteiger partial charge in [0.2, 0.25) is 23.6 Å². The van der Waals surface area contributed by atoms with Gasteiger partial charge in [0.25, 0.3) is 0 Å². The average molecular weight is 544 g/mol. The van der Waals surface area contributed by atoms with Crippen LogP contribution in [0.4, 0.5) is 0 Å². The van der Waals surface area contributed by atoms with Crippen LogP contribution in [0, 0.1) is 0 Å². The molecule has 0 aliphatic carbocycles. The van der Waals surface area contributed by atoms with E-state index in [0.29, 0.717) is 11.1 Å². The second kappa shape index (κ2) is 14.4. The first-order chi connectivity index (χ1) is 18.4. The molecule has 13 nitrogen and oxygen atoms in total. The van der Waals surface area contributed by atoms with Crippen LogP contribution in [-0.4, -0.2) is 75.2 Å². The van der Waals surface area contributed by atoms with E-state index < -0.39 is 66.3 Å². The van der Waals surface area contributed by atoms with Gasteiger partial charge < -0.3 is 42.7 Å². The summed E-state index contributed by atoms with van der Waals surface area (Å²) in [6.45, 7) is 1.15. The fourth-order valence-electron chi connectivity index (χ4n) is 3.64. The number of carboxylic acid groups (broad SMARTS) is 1. The van der Waals surface area contributed by atoms with E-state index in [1.54, 1.807) is 42.5 Å². The third-order valence-corrected chi connectivity index (χ3v) is 5.73. The molecule has 0 radical (unpaired) electrons. The van der Waals surface area contributed by atoms with Crippen LogP contribution in [0.25, 0.3) is 0 Å². The number of nitrogens with one attached hydrogen (secondary N) is 3. The molecule has 0 saturated heterocycles. The summed E-state index contributed by atoms with van der Waals surface area (Å²) in [5.74, 6) is -5.03. The Hall–Kier alpha value is -4.49. The summed E-state index contributed by atoms with van der Waals surface area (Å²) in [4.78, 5) is 61.9. The zero-order valence-electron chi connectivity index (χ0n) is 21.2. The SMILES string of the molecule is CC(O)C(NC(=O)C(CC(N)=O)NC(=O)C(Cc1ccccc1)NC(=O)C(N)Cc1ccc(O)cc1)C(=O)O. The largest absolute Gasteiger partial charge is 0.508 e. The highest BCUT2D eigenvalue weighted by Gasteiger charge is 2.32. The van der Waals surface area contributed by atoms with E-state index in [1.807, 2.05) is 0 Å². The molecule has 2 aromatic rings. The van der Waals surface area contributed by atoms with Crippen molar-refractivity contribution in [2.24, 2.45) is 11.5 Å². The molecule has 13 heteroatoms. The lowest BCUT2D eigenvalue weighted by molar-refractivity contribution is -0.145. The lowest BCUT2D eigenvalue weighted by atomic mass is 10.0. The molecule has 5 atom stereocenters. The number of amides is 4. The Morgan fingerprint density at radius 2 is 1.33 bits per heavy atom. The minimum atomic E-state index is -1.71. The van der Waals surface area contributed by atoms with Crippen LogP contribution < -0.4 is 27.4 Å². The topological polar surface area (TPSA) is 234 Å². The summed E-state index contributed by atoms with van der Waals surface area (Å²) in [6, 6.07) is 9.16. The summed E-state index contributed by atoms with van der Waals surface area (Å²) in [5.41, 5.74) is 12.6. The summed E-state index contributed by atoms with van der Waals surface area (Å²) in [5, 5.41) is 35.3. The highest BCUT2D eigenvalue weighted by Crippen LogP contribution is 2.11. The quantitative estimate of drug-likeness (QED) is 0.135. The number of aliphatic hydroxyl groups excluding tert-OH is 1. The molecule has 2 aromatic carbocycles. The average Bonchev–Trinajstić information content (AvgIpc) is 2.87. The first kappa shape index (κ1) is 30.7. The lowest BCUT2D eigenvalue weighted by Gasteiger charge is -2.25. The standard InChI is InChI=1S/C26H33N5O8/c1-14(32)22(26(38)39)31-25(37)20(13-21(28)34)30-24(36)19(12-15-5-3-2-4-6-15)29-23(35)18(27)11-16-7-9-17(33)10-8-16/h2-10,14,18-20,22,32-33H,11-13,27H2,1H3,(H2,28,34)(H,29,35)(H,30,36)(H,31,37)(H,38,39). The maximum absolute atomic E-state index is 13.3. The number of hydrogen-bond donors (Lipinski definition) is 8. The van der Waals surface area contributed by atoms with Gasteiger partial charge in [0.15, 0.2) is 6.04 Å². The number of carbonyl (C=O) groups excluding carboxylic acids is 4. The minimum Gasteiger partial charge on any atom is -0.508 e. The fraction of sp³-hybridized carbons (Fsp3) is 0.346. The van der Waals surface area contributed by atoms with E-state index in [9.17, 15) is 39.3 Å². The molecular formula is C26H33N5O8. The molecule has 0 spiro atoms. The summed E-state index contributed by atoms with van der Waals surface area (Å²) in [6.07, 6.45) is -2.04. The molecule has 0 heterocycles. The van der Waals surface area contributed by atoms with Gasteiger partial charge in [-0.2, -0.15) is 0 Å². The van der Waals surface area contributed by atoms with Gasteiger partial charge in [0, 0.05) is 6.42 Å². The van der Waals surface area contributed by atoms with E-state index >= 15 is 0 Å². The predicted molar refractivity (Wildman–Crippen MR) is 139 cm³/mol. The number of aliphatic hydroxyl groups is 1. The van der Waals surface area contributed by atoms with E-state index in [4.69, 9.17) is 11.5 Å². The van der Waals surface area contributed by atoms with Crippen LogP contribution in [0.15, 0.2) is 54.6 Å². The van der Waals surface area contributed by atoms with Crippen LogP contribution in [0.1, 0.15) is 24.5 Å². The van der Waals surface area contributed by atoms with Gasteiger partial charge in [-0.05, 0) is 36.6 Å². The molecule has 4 amide bonds. The van der Waals surface area contributed by atoms with Gasteiger partial charge in [-0.25, -0.2) is 4.79 Å². The number of nitrogens with two attached hydrogens (primary N) is 2. The number of carboxylic acids is 1. The van der Waals surface area contributed by atoms with Gasteiger partial charge >= 0.3 is 5.97 Å². The first-order valence-electron chi connectivity index (χ1n) is 12.0. The summed E-state index contributed by atoms with van der Waals surface area (Å²) < 4.78 is 0. The zero-order chi connectivity index (χ0) is 29.1. The molecule has 10 N–H and O–H groups in total. The Morgan fingerprint density at radius 3 is 1.87 bits per heavy atom. The van der Waals surface area contributed by atoms with Crippen LogP contribution in [0.5, 0.6) is 5.75 Å². The van der Waals surface area contributed by atoms with Crippen molar-refractivity contribution in [3.05, 3.63) is 65.7 Å². The van der Waals surface area contributed by atoms with E-state index in [0.717, 1.165) is 6.92 Å². The maximum Gasteiger partial charge on any atom is 0.328 e. The van der Waals surface area contributed by atoms with Crippen molar-refractivity contribution >= 4 is 29.6 Å². The van der Waals surface area contributed by atoms with Gasteiger partial charge in [-0.15, -0.1) is 0 Å². The monoisotopic (exact) mass is 543 g/mol. The molecule has 0 fully saturated rings. The Balaban J connectivity index is 2.22. The third-order valence-electron chi connectivity index (χ3n) is 5.73. The number of phenolic OH excluding ortho intramolecular Hbond substituents is 1. The molecular weight excluding hydrogens is 510 g/mol. The highest BCUT2D eigenvalue weighted by atomic mass is 16.4. The number of primary amides is 1. The molecule has 210 valence electrons. The number of carbonyl (C=O) groups is 5. The van der Waals surface area contributed by atoms with E-state index in [2.05, 4.69) is 16.0 Å². The van der Waals surface area contributed by atoms with Gasteiger partial charge in [0.1, 0.15) is 17.8 Å². The minimum absolute atomic E-state index is 0.000673. The van der Waals surface area contributed by atoms with Crippen molar-refractivity contribution in [1.82, 2.24) is 16.0 Å².